The average Bonchev–Trinajstić information content (AvgIpc) is 2.70. The highest BCUT2D eigenvalue weighted by Gasteiger charge is 2.17. The van der Waals surface area contributed by atoms with E-state index in [9.17, 15) is 9.59 Å². The van der Waals surface area contributed by atoms with E-state index in [1.807, 2.05) is 12.1 Å². The predicted octanol–water partition coefficient (Wildman–Crippen LogP) is 3.75. The molecule has 0 bridgehead atoms. The monoisotopic (exact) mass is 478 g/mol. The van der Waals surface area contributed by atoms with Gasteiger partial charge in [0.25, 0.3) is 11.8 Å². The van der Waals surface area contributed by atoms with Gasteiger partial charge in [-0.25, -0.2) is 0 Å². The van der Waals surface area contributed by atoms with Gasteiger partial charge in [-0.2, -0.15) is 0 Å². The van der Waals surface area contributed by atoms with Crippen molar-refractivity contribution in [2.45, 2.75) is 39.2 Å². The first-order valence-corrected chi connectivity index (χ1v) is 10.2. The molecule has 0 aliphatic heterocycles. The first kappa shape index (κ1) is 23.5. The summed E-state index contributed by atoms with van der Waals surface area (Å²) < 4.78 is 16.9. The zero-order chi connectivity index (χ0) is 22.3. The van der Waals surface area contributed by atoms with Gasteiger partial charge >= 0.3 is 0 Å². The standard InChI is InChI=1S/C22H27BrN2O5/c1-14(30-17-9-7-16(28-5)8-10-17)21(27)25-24-20(26)13-29-19-11-6-15(12-18(19)23)22(2,3)4/h6-12,14H,13H2,1-5H3,(H,24,26)(H,25,27). The molecular weight excluding hydrogens is 452 g/mol. The van der Waals surface area contributed by atoms with Crippen molar-refractivity contribution < 1.29 is 23.8 Å². The van der Waals surface area contributed by atoms with Gasteiger partial charge in [0, 0.05) is 0 Å². The Morgan fingerprint density at radius 3 is 2.23 bits per heavy atom. The Bertz CT molecular complexity index is 878. The number of carbonyl (C=O) groups excluding carboxylic acids is 2. The highest BCUT2D eigenvalue weighted by Crippen LogP contribution is 2.31. The number of methoxy groups -OCH3 is 1. The Morgan fingerprint density at radius 1 is 1.03 bits per heavy atom. The van der Waals surface area contributed by atoms with Crippen LogP contribution in [0.2, 0.25) is 0 Å². The minimum Gasteiger partial charge on any atom is -0.497 e. The Hall–Kier alpha value is -2.74. The molecule has 2 aromatic carbocycles. The molecule has 0 saturated heterocycles. The second-order valence-corrected chi connectivity index (χ2v) is 8.51. The van der Waals surface area contributed by atoms with E-state index >= 15 is 0 Å². The van der Waals surface area contributed by atoms with Crippen LogP contribution in [0, 0.1) is 0 Å². The van der Waals surface area contributed by atoms with E-state index in [0.29, 0.717) is 17.2 Å². The molecule has 30 heavy (non-hydrogen) atoms. The van der Waals surface area contributed by atoms with Gasteiger partial charge in [0.15, 0.2) is 12.7 Å². The van der Waals surface area contributed by atoms with E-state index in [-0.39, 0.29) is 12.0 Å². The molecule has 2 aromatic rings. The third kappa shape index (κ3) is 6.95. The van der Waals surface area contributed by atoms with Gasteiger partial charge in [0.05, 0.1) is 11.6 Å². The van der Waals surface area contributed by atoms with Crippen LogP contribution in [0.15, 0.2) is 46.9 Å². The molecule has 0 heterocycles. The normalized spacial score (nSPS) is 11.9. The molecule has 0 spiro atoms. The van der Waals surface area contributed by atoms with Gasteiger partial charge in [0.2, 0.25) is 0 Å². The molecule has 0 aromatic heterocycles. The first-order valence-electron chi connectivity index (χ1n) is 9.42. The minimum absolute atomic E-state index is 0.00723. The van der Waals surface area contributed by atoms with Crippen molar-refractivity contribution in [3.8, 4) is 17.2 Å². The maximum Gasteiger partial charge on any atom is 0.279 e. The van der Waals surface area contributed by atoms with Crippen molar-refractivity contribution in [3.63, 3.8) is 0 Å². The Balaban J connectivity index is 1.79. The van der Waals surface area contributed by atoms with E-state index < -0.39 is 17.9 Å². The zero-order valence-electron chi connectivity index (χ0n) is 17.7. The number of nitrogens with one attached hydrogen (secondary N) is 2. The molecular formula is C22H27BrN2O5. The van der Waals surface area contributed by atoms with Gasteiger partial charge < -0.3 is 14.2 Å². The third-order valence-corrected chi connectivity index (χ3v) is 4.84. The van der Waals surface area contributed by atoms with Crippen molar-refractivity contribution >= 4 is 27.7 Å². The SMILES string of the molecule is COc1ccc(OC(C)C(=O)NNC(=O)COc2ccc(C(C)(C)C)cc2Br)cc1. The van der Waals surface area contributed by atoms with Crippen molar-refractivity contribution in [1.82, 2.24) is 10.9 Å². The van der Waals surface area contributed by atoms with Crippen LogP contribution in [0.25, 0.3) is 0 Å². The summed E-state index contributed by atoms with van der Waals surface area (Å²) in [4.78, 5) is 24.1. The Kier molecular flexibility index (Phi) is 8.11. The number of hydrogen-bond acceptors (Lipinski definition) is 5. The molecule has 2 rings (SSSR count). The van der Waals surface area contributed by atoms with Gasteiger partial charge in [-0.15, -0.1) is 0 Å². The lowest BCUT2D eigenvalue weighted by Gasteiger charge is -2.20. The summed E-state index contributed by atoms with van der Waals surface area (Å²) in [7, 11) is 1.57. The van der Waals surface area contributed by atoms with Crippen molar-refractivity contribution in [3.05, 3.63) is 52.5 Å². The lowest BCUT2D eigenvalue weighted by molar-refractivity contribution is -0.133. The molecule has 0 saturated carbocycles. The second kappa shape index (κ2) is 10.3. The number of hydrogen-bond donors (Lipinski definition) is 2. The van der Waals surface area contributed by atoms with Crippen LogP contribution in [-0.4, -0.2) is 31.6 Å². The predicted molar refractivity (Wildman–Crippen MR) is 118 cm³/mol. The smallest absolute Gasteiger partial charge is 0.279 e. The van der Waals surface area contributed by atoms with Crippen LogP contribution in [-0.2, 0) is 15.0 Å². The maximum absolute atomic E-state index is 12.1. The summed E-state index contributed by atoms with van der Waals surface area (Å²) >= 11 is 3.46. The summed E-state index contributed by atoms with van der Waals surface area (Å²) in [5.74, 6) is 0.755. The lowest BCUT2D eigenvalue weighted by Crippen LogP contribution is -2.48. The van der Waals surface area contributed by atoms with Crippen LogP contribution in [0.3, 0.4) is 0 Å². The number of ether oxygens (including phenoxy) is 3. The number of halogens is 1. The summed E-state index contributed by atoms with van der Waals surface area (Å²) in [6, 6.07) is 12.6. The van der Waals surface area contributed by atoms with Gasteiger partial charge in [-0.3, -0.25) is 20.4 Å². The van der Waals surface area contributed by atoms with E-state index in [4.69, 9.17) is 14.2 Å². The Morgan fingerprint density at radius 2 is 1.67 bits per heavy atom. The molecule has 7 nitrogen and oxygen atoms in total. The minimum atomic E-state index is -0.807. The maximum atomic E-state index is 12.1. The molecule has 1 atom stereocenters. The fourth-order valence-electron chi connectivity index (χ4n) is 2.41. The van der Waals surface area contributed by atoms with Crippen molar-refractivity contribution in [2.75, 3.05) is 13.7 Å². The van der Waals surface area contributed by atoms with E-state index in [2.05, 4.69) is 47.6 Å². The van der Waals surface area contributed by atoms with E-state index in [1.165, 1.54) is 0 Å². The third-order valence-electron chi connectivity index (χ3n) is 4.22. The molecule has 0 fully saturated rings. The fraction of sp³-hybridized carbons (Fsp3) is 0.364. The van der Waals surface area contributed by atoms with E-state index in [1.54, 1.807) is 44.4 Å². The van der Waals surface area contributed by atoms with E-state index in [0.717, 1.165) is 10.0 Å². The molecule has 8 heteroatoms. The number of benzene rings is 2. The molecule has 162 valence electrons. The summed E-state index contributed by atoms with van der Waals surface area (Å²) in [6.45, 7) is 7.68. The van der Waals surface area contributed by atoms with Crippen molar-refractivity contribution in [2.24, 2.45) is 0 Å². The average molecular weight is 479 g/mol. The summed E-state index contributed by atoms with van der Waals surface area (Å²) in [6.07, 6.45) is -0.807. The number of amides is 2. The molecule has 1 unspecified atom stereocenters. The quantitative estimate of drug-likeness (QED) is 0.591. The van der Waals surface area contributed by atoms with Gasteiger partial charge in [-0.1, -0.05) is 26.8 Å². The summed E-state index contributed by atoms with van der Waals surface area (Å²) in [5.41, 5.74) is 5.79. The fourth-order valence-corrected chi connectivity index (χ4v) is 2.90. The highest BCUT2D eigenvalue weighted by atomic mass is 79.9. The van der Waals surface area contributed by atoms with Gasteiger partial charge in [-0.05, 0) is 70.2 Å². The highest BCUT2D eigenvalue weighted by molar-refractivity contribution is 9.10. The largest absolute Gasteiger partial charge is 0.497 e. The molecule has 0 aliphatic carbocycles. The Labute approximate surface area is 185 Å². The molecule has 0 aliphatic rings. The number of carbonyl (C=O) groups is 2. The van der Waals surface area contributed by atoms with Crippen LogP contribution in [0.5, 0.6) is 17.2 Å². The zero-order valence-corrected chi connectivity index (χ0v) is 19.3. The first-order chi connectivity index (χ1) is 14.1. The van der Waals surface area contributed by atoms with Crippen LogP contribution < -0.4 is 25.1 Å². The van der Waals surface area contributed by atoms with Crippen LogP contribution >= 0.6 is 15.9 Å². The summed E-state index contributed by atoms with van der Waals surface area (Å²) in [5, 5.41) is 0. The topological polar surface area (TPSA) is 85.9 Å². The molecule has 2 amide bonds. The second-order valence-electron chi connectivity index (χ2n) is 7.66. The number of rotatable bonds is 7. The van der Waals surface area contributed by atoms with Crippen molar-refractivity contribution in [1.29, 1.82) is 0 Å². The lowest BCUT2D eigenvalue weighted by atomic mass is 9.87. The van der Waals surface area contributed by atoms with Crippen LogP contribution in [0.4, 0.5) is 0 Å². The number of hydrazine groups is 1. The van der Waals surface area contributed by atoms with Gasteiger partial charge in [0.1, 0.15) is 17.2 Å². The van der Waals surface area contributed by atoms with Crippen LogP contribution in [0.1, 0.15) is 33.3 Å². The molecule has 2 N–H and O–H groups in total. The molecule has 0 radical (unpaired) electrons.